The molecule has 0 heterocycles. The number of alkyl carbamates (subject to hydrolysis) is 1. The largest absolute Gasteiger partial charge is 0.466 e. The van der Waals surface area contributed by atoms with Crippen LogP contribution in [0.1, 0.15) is 41.5 Å². The van der Waals surface area contributed by atoms with Crippen LogP contribution in [0.2, 0.25) is 0 Å². The van der Waals surface area contributed by atoms with E-state index >= 15 is 0 Å². The second-order valence-corrected chi connectivity index (χ2v) is 4.98. The molecule has 0 rings (SSSR count). The summed E-state index contributed by atoms with van der Waals surface area (Å²) in [6, 6.07) is -0.330. The fourth-order valence-corrected chi connectivity index (χ4v) is 1.10. The Morgan fingerprint density at radius 3 is 2.18 bits per heavy atom. The summed E-state index contributed by atoms with van der Waals surface area (Å²) in [5.41, 5.74) is -0.545. The average molecular weight is 245 g/mol. The molecule has 0 radical (unpaired) electrons. The van der Waals surface area contributed by atoms with Gasteiger partial charge >= 0.3 is 12.1 Å². The zero-order chi connectivity index (χ0) is 13.6. The Balaban J connectivity index is 4.20. The number of hydrogen-bond donors (Lipinski definition) is 1. The molecule has 0 aliphatic heterocycles. The predicted octanol–water partition coefficient (Wildman–Crippen LogP) is 2.10. The Hall–Kier alpha value is -1.26. The number of esters is 1. The van der Waals surface area contributed by atoms with Crippen molar-refractivity contribution in [2.45, 2.75) is 53.2 Å². The van der Waals surface area contributed by atoms with E-state index in [0.29, 0.717) is 6.61 Å². The number of rotatable bonds is 4. The highest BCUT2D eigenvalue weighted by atomic mass is 16.6. The molecular weight excluding hydrogens is 222 g/mol. The van der Waals surface area contributed by atoms with E-state index in [2.05, 4.69) is 5.32 Å². The van der Waals surface area contributed by atoms with E-state index in [1.165, 1.54) is 0 Å². The summed E-state index contributed by atoms with van der Waals surface area (Å²) >= 11 is 0. The lowest BCUT2D eigenvalue weighted by Gasteiger charge is -2.24. The van der Waals surface area contributed by atoms with Crippen molar-refractivity contribution in [1.82, 2.24) is 5.32 Å². The number of hydrogen-bond acceptors (Lipinski definition) is 4. The highest BCUT2D eigenvalue weighted by molar-refractivity contribution is 5.74. The van der Waals surface area contributed by atoms with Gasteiger partial charge in [-0.2, -0.15) is 0 Å². The molecule has 5 heteroatoms. The van der Waals surface area contributed by atoms with E-state index in [9.17, 15) is 9.59 Å². The molecule has 100 valence electrons. The monoisotopic (exact) mass is 245 g/mol. The smallest absolute Gasteiger partial charge is 0.407 e. The second-order valence-electron chi connectivity index (χ2n) is 4.98. The molecular formula is C12H23NO4. The third-order valence-electron chi connectivity index (χ3n) is 2.15. The molecule has 17 heavy (non-hydrogen) atoms. The van der Waals surface area contributed by atoms with Crippen LogP contribution in [0, 0.1) is 5.92 Å². The minimum Gasteiger partial charge on any atom is -0.466 e. The minimum atomic E-state index is -0.545. The molecule has 0 aliphatic rings. The van der Waals surface area contributed by atoms with E-state index in [1.807, 2.05) is 0 Å². The maximum Gasteiger partial charge on any atom is 0.407 e. The standard InChI is InChI=1S/C12H23NO4/c1-7-16-10(14)8(2)9(3)13-11(15)17-12(4,5)6/h8-9H,7H2,1-6H3,(H,13,15)/t8-,9-/m0/s1. The summed E-state index contributed by atoms with van der Waals surface area (Å²) in [5.74, 6) is -0.724. The van der Waals surface area contributed by atoms with Crippen LogP contribution in [0.3, 0.4) is 0 Å². The van der Waals surface area contributed by atoms with Crippen molar-refractivity contribution in [2.75, 3.05) is 6.61 Å². The molecule has 0 unspecified atom stereocenters. The van der Waals surface area contributed by atoms with Gasteiger partial charge in [0.15, 0.2) is 0 Å². The maximum atomic E-state index is 11.5. The molecule has 0 saturated heterocycles. The van der Waals surface area contributed by atoms with Crippen LogP contribution < -0.4 is 5.32 Å². The van der Waals surface area contributed by atoms with Crippen molar-refractivity contribution in [2.24, 2.45) is 5.92 Å². The molecule has 0 spiro atoms. The molecule has 1 amide bonds. The molecule has 0 saturated carbocycles. The van der Waals surface area contributed by atoms with Gasteiger partial charge in [0.2, 0.25) is 0 Å². The van der Waals surface area contributed by atoms with Gasteiger partial charge in [-0.3, -0.25) is 4.79 Å². The van der Waals surface area contributed by atoms with Crippen LogP contribution in [-0.2, 0) is 14.3 Å². The normalized spacial score (nSPS) is 14.7. The molecule has 1 N–H and O–H groups in total. The first-order valence-electron chi connectivity index (χ1n) is 5.83. The first-order chi connectivity index (χ1) is 7.67. The number of carbonyl (C=O) groups is 2. The number of amides is 1. The molecule has 5 nitrogen and oxygen atoms in total. The first-order valence-corrected chi connectivity index (χ1v) is 5.83. The van der Waals surface area contributed by atoms with Crippen molar-refractivity contribution < 1.29 is 19.1 Å². The Kier molecular flexibility index (Phi) is 5.99. The van der Waals surface area contributed by atoms with Crippen LogP contribution in [0.25, 0.3) is 0 Å². The van der Waals surface area contributed by atoms with E-state index in [0.717, 1.165) is 0 Å². The third-order valence-corrected chi connectivity index (χ3v) is 2.15. The zero-order valence-electron chi connectivity index (χ0n) is 11.5. The summed E-state index contributed by atoms with van der Waals surface area (Å²) in [6.07, 6.45) is -0.527. The van der Waals surface area contributed by atoms with Crippen molar-refractivity contribution in [3.8, 4) is 0 Å². The molecule has 0 aliphatic carbocycles. The van der Waals surface area contributed by atoms with E-state index in [1.54, 1.807) is 41.5 Å². The zero-order valence-corrected chi connectivity index (χ0v) is 11.5. The molecule has 0 bridgehead atoms. The lowest BCUT2D eigenvalue weighted by Crippen LogP contribution is -2.43. The number of ether oxygens (including phenoxy) is 2. The van der Waals surface area contributed by atoms with Gasteiger partial charge in [0.05, 0.1) is 12.5 Å². The Morgan fingerprint density at radius 1 is 1.24 bits per heavy atom. The summed E-state index contributed by atoms with van der Waals surface area (Å²) in [6.45, 7) is 10.9. The van der Waals surface area contributed by atoms with Crippen LogP contribution in [0.4, 0.5) is 4.79 Å². The minimum absolute atomic E-state index is 0.323. The highest BCUT2D eigenvalue weighted by Crippen LogP contribution is 2.09. The molecule has 0 aromatic heterocycles. The van der Waals surface area contributed by atoms with Gasteiger partial charge in [-0.15, -0.1) is 0 Å². The van der Waals surface area contributed by atoms with Crippen molar-refractivity contribution >= 4 is 12.1 Å². The van der Waals surface area contributed by atoms with Gasteiger partial charge in [0.1, 0.15) is 5.60 Å². The Bertz CT molecular complexity index is 270. The van der Waals surface area contributed by atoms with Crippen molar-refractivity contribution in [3.63, 3.8) is 0 Å². The second kappa shape index (κ2) is 6.47. The van der Waals surface area contributed by atoms with Gasteiger partial charge in [-0.1, -0.05) is 0 Å². The topological polar surface area (TPSA) is 64.6 Å². The molecule has 0 aromatic carbocycles. The molecule has 0 fully saturated rings. The highest BCUT2D eigenvalue weighted by Gasteiger charge is 2.25. The van der Waals surface area contributed by atoms with Gasteiger partial charge in [0, 0.05) is 6.04 Å². The van der Waals surface area contributed by atoms with Crippen molar-refractivity contribution in [1.29, 1.82) is 0 Å². The predicted molar refractivity (Wildman–Crippen MR) is 64.6 cm³/mol. The van der Waals surface area contributed by atoms with E-state index in [4.69, 9.17) is 9.47 Å². The first kappa shape index (κ1) is 15.7. The molecule has 0 aromatic rings. The SMILES string of the molecule is CCOC(=O)[C@@H](C)[C@H](C)NC(=O)OC(C)(C)C. The fourth-order valence-electron chi connectivity index (χ4n) is 1.10. The van der Waals surface area contributed by atoms with Crippen LogP contribution in [-0.4, -0.2) is 30.3 Å². The van der Waals surface area contributed by atoms with Crippen LogP contribution in [0.5, 0.6) is 0 Å². The van der Waals surface area contributed by atoms with Gasteiger partial charge in [-0.25, -0.2) is 4.79 Å². The van der Waals surface area contributed by atoms with E-state index < -0.39 is 17.6 Å². The average Bonchev–Trinajstić information content (AvgIpc) is 2.13. The molecule has 2 atom stereocenters. The van der Waals surface area contributed by atoms with Crippen LogP contribution in [0.15, 0.2) is 0 Å². The van der Waals surface area contributed by atoms with E-state index in [-0.39, 0.29) is 12.0 Å². The third kappa shape index (κ3) is 6.81. The summed E-state index contributed by atoms with van der Waals surface area (Å²) in [4.78, 5) is 22.9. The number of carbonyl (C=O) groups excluding carboxylic acids is 2. The Labute approximate surface area is 103 Å². The fraction of sp³-hybridized carbons (Fsp3) is 0.833. The summed E-state index contributed by atoms with van der Waals surface area (Å²) < 4.78 is 9.97. The quantitative estimate of drug-likeness (QED) is 0.770. The van der Waals surface area contributed by atoms with Crippen LogP contribution >= 0.6 is 0 Å². The number of nitrogens with one attached hydrogen (secondary N) is 1. The lowest BCUT2D eigenvalue weighted by molar-refractivity contribution is -0.148. The van der Waals surface area contributed by atoms with Gasteiger partial charge in [0.25, 0.3) is 0 Å². The maximum absolute atomic E-state index is 11.5. The Morgan fingerprint density at radius 2 is 1.76 bits per heavy atom. The summed E-state index contributed by atoms with van der Waals surface area (Å²) in [5, 5.41) is 2.61. The summed E-state index contributed by atoms with van der Waals surface area (Å²) in [7, 11) is 0. The van der Waals surface area contributed by atoms with Gasteiger partial charge < -0.3 is 14.8 Å². The van der Waals surface area contributed by atoms with Crippen molar-refractivity contribution in [3.05, 3.63) is 0 Å². The lowest BCUT2D eigenvalue weighted by atomic mass is 10.0. The van der Waals surface area contributed by atoms with Gasteiger partial charge in [-0.05, 0) is 41.5 Å².